The maximum Gasteiger partial charge on any atom is 0.345 e. The maximum atomic E-state index is 14.8. The molecular weight excluding hydrogens is 728 g/mol. The van der Waals surface area contributed by atoms with E-state index in [4.69, 9.17) is 9.47 Å². The first kappa shape index (κ1) is 38.6. The molecule has 0 spiro atoms. The molecule has 0 radical (unpaired) electrons. The Morgan fingerprint density at radius 3 is 1.28 bits per heavy atom. The van der Waals surface area contributed by atoms with Gasteiger partial charge in [-0.2, -0.15) is 26.3 Å². The highest BCUT2D eigenvalue weighted by molar-refractivity contribution is 7.85. The van der Waals surface area contributed by atoms with E-state index >= 15 is 0 Å². The fraction of sp³-hybridized carbons (Fsp3) is 0.200. The van der Waals surface area contributed by atoms with Gasteiger partial charge in [0, 0.05) is 12.1 Å². The van der Waals surface area contributed by atoms with Crippen LogP contribution in [-0.4, -0.2) is 56.6 Å². The Morgan fingerprint density at radius 1 is 0.630 bits per heavy atom. The van der Waals surface area contributed by atoms with Crippen molar-refractivity contribution in [1.82, 2.24) is 0 Å². The van der Waals surface area contributed by atoms with Crippen LogP contribution in [0.15, 0.2) is 58.2 Å². The average Bonchev–Trinajstić information content (AvgIpc) is 2.93. The summed E-state index contributed by atoms with van der Waals surface area (Å²) < 4.78 is 207. The monoisotopic (exact) mass is 740 g/mol. The van der Waals surface area contributed by atoms with Gasteiger partial charge in [0.15, 0.2) is 23.1 Å². The zero-order valence-corrected chi connectivity index (χ0v) is 24.0. The third kappa shape index (κ3) is 12.6. The van der Waals surface area contributed by atoms with Gasteiger partial charge in [0.25, 0.3) is 0 Å². The number of halogens is 8. The van der Waals surface area contributed by atoms with Gasteiger partial charge >= 0.3 is 24.2 Å². The zero-order valence-electron chi connectivity index (χ0n) is 21.5. The van der Waals surface area contributed by atoms with Crippen LogP contribution in [0.1, 0.15) is 0 Å². The van der Waals surface area contributed by atoms with Gasteiger partial charge in [-0.25, -0.2) is 39.6 Å². The van der Waals surface area contributed by atoms with Gasteiger partial charge < -0.3 is 28.1 Å². The van der Waals surface area contributed by atoms with Crippen molar-refractivity contribution >= 4 is 31.6 Å². The SMILES string of the molecule is O=S(c1cc(F)c(OC(F)=C(F)F)c(OCCOOS(=O)(=O)[O-])c1)c1cc(F)c(OC(F)=C(F)F)c(OCCOOS(=O)(=O)[O-])c1. The predicted octanol–water partition coefficient (Wildman–Crippen LogP) is 3.53. The van der Waals surface area contributed by atoms with Gasteiger partial charge in [-0.05, 0) is 12.1 Å². The molecule has 2 aromatic rings. The van der Waals surface area contributed by atoms with E-state index in [2.05, 4.69) is 27.9 Å². The first-order valence-electron chi connectivity index (χ1n) is 10.9. The van der Waals surface area contributed by atoms with Crippen LogP contribution in [0.25, 0.3) is 0 Å². The third-order valence-electron chi connectivity index (χ3n) is 4.19. The zero-order chi connectivity index (χ0) is 34.8. The highest BCUT2D eigenvalue weighted by Gasteiger charge is 2.25. The summed E-state index contributed by atoms with van der Waals surface area (Å²) in [6, 6.07) is -3.60. The summed E-state index contributed by atoms with van der Waals surface area (Å²) in [6.07, 6.45) is -6.13. The Hall–Kier alpha value is -3.63. The van der Waals surface area contributed by atoms with Crippen molar-refractivity contribution in [3.63, 3.8) is 0 Å². The van der Waals surface area contributed by atoms with Gasteiger partial charge in [-0.15, -0.1) is 8.67 Å². The smallest absolute Gasteiger partial charge is 0.345 e. The molecule has 0 saturated carbocycles. The Morgan fingerprint density at radius 2 is 0.978 bits per heavy atom. The molecule has 0 unspecified atom stereocenters. The van der Waals surface area contributed by atoms with E-state index in [1.165, 1.54) is 0 Å². The second-order valence-electron chi connectivity index (χ2n) is 7.30. The Bertz CT molecular complexity index is 1590. The second kappa shape index (κ2) is 16.8. The van der Waals surface area contributed by atoms with E-state index in [0.29, 0.717) is 12.1 Å². The van der Waals surface area contributed by atoms with Crippen molar-refractivity contribution in [2.45, 2.75) is 9.79 Å². The molecule has 0 aliphatic rings. The first-order valence-corrected chi connectivity index (χ1v) is 14.8. The van der Waals surface area contributed by atoms with E-state index in [0.717, 1.165) is 0 Å². The van der Waals surface area contributed by atoms with Crippen molar-refractivity contribution in [3.8, 4) is 23.0 Å². The molecule has 0 fully saturated rings. The largest absolute Gasteiger partial charge is 0.724 e. The number of hydrogen-bond donors (Lipinski definition) is 0. The predicted molar refractivity (Wildman–Crippen MR) is 124 cm³/mol. The van der Waals surface area contributed by atoms with E-state index in [1.54, 1.807) is 0 Å². The molecule has 0 N–H and O–H groups in total. The molecule has 0 amide bonds. The lowest BCUT2D eigenvalue weighted by molar-refractivity contribution is -0.212. The number of ether oxygens (including phenoxy) is 4. The number of rotatable bonds is 18. The molecule has 46 heavy (non-hydrogen) atoms. The highest BCUT2D eigenvalue weighted by Crippen LogP contribution is 2.39. The van der Waals surface area contributed by atoms with Crippen LogP contribution in [-0.2, 0) is 50.0 Å². The second-order valence-corrected chi connectivity index (χ2v) is 10.7. The minimum Gasteiger partial charge on any atom is -0.724 e. The summed E-state index contributed by atoms with van der Waals surface area (Å²) in [5, 5.41) is 0. The summed E-state index contributed by atoms with van der Waals surface area (Å²) in [5.74, 6) is -8.35. The quantitative estimate of drug-likeness (QED) is 0.0408. The molecule has 15 nitrogen and oxygen atoms in total. The van der Waals surface area contributed by atoms with Crippen molar-refractivity contribution in [3.05, 3.63) is 60.1 Å². The van der Waals surface area contributed by atoms with Gasteiger partial charge in [0.1, 0.15) is 26.4 Å². The fourth-order valence-electron chi connectivity index (χ4n) is 2.67. The Labute approximate surface area is 253 Å². The highest BCUT2D eigenvalue weighted by atomic mass is 32.3. The summed E-state index contributed by atoms with van der Waals surface area (Å²) >= 11 is 0. The third-order valence-corrected chi connectivity index (χ3v) is 6.04. The minimum absolute atomic E-state index is 0.281. The molecule has 2 aromatic carbocycles. The standard InChI is InChI=1S/C20H14F8O15S3/c21-11-5-9(7-13(15(11)40-19(27)17(23)24)36-1-3-38-42-45(30,31)32)44(29)10-6-12(22)16(41-20(28)18(25)26)14(8-10)37-2-4-39-43-46(33,34)35/h5-8H,1-4H2,(H,30,31,32)(H,33,34,35)/p-2. The van der Waals surface area contributed by atoms with E-state index in [-0.39, 0.29) is 12.1 Å². The van der Waals surface area contributed by atoms with Crippen LogP contribution >= 0.6 is 0 Å². The van der Waals surface area contributed by atoms with Gasteiger partial charge in [0.2, 0.25) is 32.3 Å². The van der Waals surface area contributed by atoms with Gasteiger partial charge in [-0.3, -0.25) is 0 Å². The number of benzene rings is 2. The lowest BCUT2D eigenvalue weighted by Gasteiger charge is -2.16. The Kier molecular flexibility index (Phi) is 14.1. The molecule has 0 atom stereocenters. The van der Waals surface area contributed by atoms with Gasteiger partial charge in [0.05, 0.1) is 20.6 Å². The van der Waals surface area contributed by atoms with E-state index < -0.39 is 127 Å². The van der Waals surface area contributed by atoms with Crippen molar-refractivity contribution in [2.24, 2.45) is 0 Å². The number of hydrogen-bond acceptors (Lipinski definition) is 15. The van der Waals surface area contributed by atoms with Crippen molar-refractivity contribution in [2.75, 3.05) is 26.4 Å². The molecule has 0 bridgehead atoms. The molecular formula is C20H12F8O15S3-2. The molecule has 0 aliphatic carbocycles. The minimum atomic E-state index is -5.35. The van der Waals surface area contributed by atoms with Crippen LogP contribution in [0, 0.1) is 11.6 Å². The van der Waals surface area contributed by atoms with Gasteiger partial charge in [-0.1, -0.05) is 0 Å². The fourth-order valence-corrected chi connectivity index (χ4v) is 4.16. The van der Waals surface area contributed by atoms with E-state index in [1.807, 2.05) is 0 Å². The average molecular weight is 740 g/mol. The van der Waals surface area contributed by atoms with Crippen LogP contribution < -0.4 is 18.9 Å². The van der Waals surface area contributed by atoms with Crippen LogP contribution in [0.2, 0.25) is 0 Å². The molecule has 2 rings (SSSR count). The molecule has 26 heteroatoms. The van der Waals surface area contributed by atoms with Crippen LogP contribution in [0.3, 0.4) is 0 Å². The van der Waals surface area contributed by atoms with Crippen molar-refractivity contribution in [1.29, 1.82) is 0 Å². The molecule has 0 aliphatic heterocycles. The first-order chi connectivity index (χ1) is 21.3. The van der Waals surface area contributed by atoms with Crippen LogP contribution in [0.4, 0.5) is 35.1 Å². The van der Waals surface area contributed by atoms with Crippen LogP contribution in [0.5, 0.6) is 23.0 Å². The molecule has 0 saturated heterocycles. The molecule has 258 valence electrons. The lowest BCUT2D eigenvalue weighted by atomic mass is 10.3. The summed E-state index contributed by atoms with van der Waals surface area (Å²) in [5.41, 5.74) is 0. The molecule has 0 aromatic heterocycles. The summed E-state index contributed by atoms with van der Waals surface area (Å²) in [7, 11) is -13.5. The Balaban J connectivity index is 2.49. The lowest BCUT2D eigenvalue weighted by Crippen LogP contribution is -2.12. The van der Waals surface area contributed by atoms with Crippen molar-refractivity contribution < 1.29 is 103 Å². The molecule has 0 heterocycles. The normalized spacial score (nSPS) is 11.7. The topological polar surface area (TPSA) is 205 Å². The maximum absolute atomic E-state index is 14.8. The summed E-state index contributed by atoms with van der Waals surface area (Å²) in [6.45, 7) is -3.65. The van der Waals surface area contributed by atoms with E-state index in [9.17, 15) is 65.3 Å². The summed E-state index contributed by atoms with van der Waals surface area (Å²) in [4.78, 5) is 6.44.